The Morgan fingerprint density at radius 2 is 2.33 bits per heavy atom. The standard InChI is InChI=1S/C12H16BrNO/c1-8(14)12-6-10(13)2-3-11(12)9-4-5-15-7-9/h2-3,6,8-9H,4-5,7,14H2,1H3. The summed E-state index contributed by atoms with van der Waals surface area (Å²) in [6, 6.07) is 6.46. The molecule has 2 N–H and O–H groups in total. The minimum atomic E-state index is 0.0816. The smallest absolute Gasteiger partial charge is 0.0535 e. The molecular weight excluding hydrogens is 254 g/mol. The van der Waals surface area contributed by atoms with Crippen molar-refractivity contribution in [1.82, 2.24) is 0 Å². The van der Waals surface area contributed by atoms with E-state index in [9.17, 15) is 0 Å². The SMILES string of the molecule is CC(N)c1cc(Br)ccc1C1CCOC1. The quantitative estimate of drug-likeness (QED) is 0.896. The molecule has 15 heavy (non-hydrogen) atoms. The van der Waals surface area contributed by atoms with Gasteiger partial charge in [-0.05, 0) is 36.6 Å². The first-order valence-corrected chi connectivity index (χ1v) is 6.10. The number of rotatable bonds is 2. The molecular formula is C12H16BrNO. The van der Waals surface area contributed by atoms with Gasteiger partial charge in [-0.2, -0.15) is 0 Å². The maximum absolute atomic E-state index is 5.99. The average molecular weight is 270 g/mol. The lowest BCUT2D eigenvalue weighted by Gasteiger charge is -2.17. The lowest BCUT2D eigenvalue weighted by atomic mass is 9.91. The third-order valence-corrected chi connectivity index (χ3v) is 3.40. The molecule has 1 aromatic carbocycles. The molecule has 2 nitrogen and oxygen atoms in total. The molecule has 1 aliphatic rings. The molecule has 2 atom stereocenters. The Bertz CT molecular complexity index is 345. The van der Waals surface area contributed by atoms with E-state index in [2.05, 4.69) is 34.1 Å². The fourth-order valence-corrected chi connectivity index (χ4v) is 2.47. The summed E-state index contributed by atoms with van der Waals surface area (Å²) in [6.45, 7) is 3.74. The van der Waals surface area contributed by atoms with E-state index in [-0.39, 0.29) is 6.04 Å². The summed E-state index contributed by atoms with van der Waals surface area (Å²) in [6.07, 6.45) is 1.11. The first-order chi connectivity index (χ1) is 7.18. The number of benzene rings is 1. The normalized spacial score (nSPS) is 23.0. The average Bonchev–Trinajstić information content (AvgIpc) is 2.70. The van der Waals surface area contributed by atoms with Crippen molar-refractivity contribution in [3.63, 3.8) is 0 Å². The molecule has 2 rings (SSSR count). The van der Waals surface area contributed by atoms with Crippen LogP contribution in [0.25, 0.3) is 0 Å². The zero-order valence-electron chi connectivity index (χ0n) is 8.87. The van der Waals surface area contributed by atoms with Crippen LogP contribution in [0.3, 0.4) is 0 Å². The number of ether oxygens (including phenoxy) is 1. The van der Waals surface area contributed by atoms with Crippen LogP contribution in [0.5, 0.6) is 0 Å². The van der Waals surface area contributed by atoms with Gasteiger partial charge in [0.05, 0.1) is 6.61 Å². The van der Waals surface area contributed by atoms with Crippen LogP contribution in [0, 0.1) is 0 Å². The van der Waals surface area contributed by atoms with Crippen molar-refractivity contribution in [2.24, 2.45) is 5.73 Å². The fourth-order valence-electron chi connectivity index (χ4n) is 2.09. The minimum Gasteiger partial charge on any atom is -0.381 e. The van der Waals surface area contributed by atoms with E-state index in [1.807, 2.05) is 6.92 Å². The highest BCUT2D eigenvalue weighted by atomic mass is 79.9. The van der Waals surface area contributed by atoms with E-state index >= 15 is 0 Å². The van der Waals surface area contributed by atoms with Crippen molar-refractivity contribution in [2.45, 2.75) is 25.3 Å². The summed E-state index contributed by atoms with van der Waals surface area (Å²) < 4.78 is 6.52. The van der Waals surface area contributed by atoms with E-state index in [0.717, 1.165) is 24.1 Å². The van der Waals surface area contributed by atoms with Crippen molar-refractivity contribution < 1.29 is 4.74 Å². The molecule has 1 aromatic rings. The van der Waals surface area contributed by atoms with Crippen LogP contribution in [0.1, 0.15) is 36.4 Å². The highest BCUT2D eigenvalue weighted by Gasteiger charge is 2.21. The summed E-state index contributed by atoms with van der Waals surface area (Å²) in [5.74, 6) is 0.527. The molecule has 1 aliphatic heterocycles. The number of hydrogen-bond donors (Lipinski definition) is 1. The van der Waals surface area contributed by atoms with Crippen LogP contribution in [-0.2, 0) is 4.74 Å². The number of nitrogens with two attached hydrogens (primary N) is 1. The van der Waals surface area contributed by atoms with E-state index < -0.39 is 0 Å². The predicted molar refractivity (Wildman–Crippen MR) is 64.9 cm³/mol. The van der Waals surface area contributed by atoms with Gasteiger partial charge < -0.3 is 10.5 Å². The van der Waals surface area contributed by atoms with Gasteiger partial charge in [0.2, 0.25) is 0 Å². The van der Waals surface area contributed by atoms with E-state index in [1.165, 1.54) is 11.1 Å². The summed E-state index contributed by atoms with van der Waals surface area (Å²) in [5, 5.41) is 0. The Labute approximate surface area is 98.9 Å². The summed E-state index contributed by atoms with van der Waals surface area (Å²) in [7, 11) is 0. The second kappa shape index (κ2) is 4.64. The van der Waals surface area contributed by atoms with Crippen LogP contribution >= 0.6 is 15.9 Å². The topological polar surface area (TPSA) is 35.2 Å². The van der Waals surface area contributed by atoms with Gasteiger partial charge in [0.25, 0.3) is 0 Å². The third-order valence-electron chi connectivity index (χ3n) is 2.91. The highest BCUT2D eigenvalue weighted by molar-refractivity contribution is 9.10. The summed E-state index contributed by atoms with van der Waals surface area (Å²) in [4.78, 5) is 0. The minimum absolute atomic E-state index is 0.0816. The van der Waals surface area contributed by atoms with Gasteiger partial charge in [0.1, 0.15) is 0 Å². The van der Waals surface area contributed by atoms with Crippen LogP contribution in [-0.4, -0.2) is 13.2 Å². The Morgan fingerprint density at radius 1 is 1.53 bits per heavy atom. The van der Waals surface area contributed by atoms with Gasteiger partial charge in [-0.25, -0.2) is 0 Å². The lowest BCUT2D eigenvalue weighted by molar-refractivity contribution is 0.194. The monoisotopic (exact) mass is 269 g/mol. The van der Waals surface area contributed by atoms with Crippen LogP contribution in [0.4, 0.5) is 0 Å². The van der Waals surface area contributed by atoms with Crippen molar-refractivity contribution in [1.29, 1.82) is 0 Å². The molecule has 0 aromatic heterocycles. The van der Waals surface area contributed by atoms with Gasteiger partial charge in [0.15, 0.2) is 0 Å². The van der Waals surface area contributed by atoms with Gasteiger partial charge in [0, 0.05) is 23.0 Å². The number of halogens is 1. The second-order valence-corrected chi connectivity index (χ2v) is 5.04. The van der Waals surface area contributed by atoms with Crippen molar-refractivity contribution in [3.05, 3.63) is 33.8 Å². The molecule has 1 fully saturated rings. The van der Waals surface area contributed by atoms with Crippen LogP contribution in [0.15, 0.2) is 22.7 Å². The molecule has 0 spiro atoms. The maximum atomic E-state index is 5.99. The number of hydrogen-bond acceptors (Lipinski definition) is 2. The van der Waals surface area contributed by atoms with Crippen molar-refractivity contribution in [2.75, 3.05) is 13.2 Å². The first-order valence-electron chi connectivity index (χ1n) is 5.31. The van der Waals surface area contributed by atoms with Gasteiger partial charge in [-0.1, -0.05) is 22.0 Å². The van der Waals surface area contributed by atoms with Gasteiger partial charge >= 0.3 is 0 Å². The molecule has 0 saturated carbocycles. The fraction of sp³-hybridized carbons (Fsp3) is 0.500. The second-order valence-electron chi connectivity index (χ2n) is 4.12. The highest BCUT2D eigenvalue weighted by Crippen LogP contribution is 2.32. The van der Waals surface area contributed by atoms with Crippen LogP contribution in [0.2, 0.25) is 0 Å². The third kappa shape index (κ3) is 2.41. The molecule has 2 unspecified atom stereocenters. The first kappa shape index (κ1) is 11.1. The lowest BCUT2D eigenvalue weighted by Crippen LogP contribution is -2.11. The molecule has 0 bridgehead atoms. The Morgan fingerprint density at radius 3 is 2.93 bits per heavy atom. The Kier molecular flexibility index (Phi) is 3.44. The van der Waals surface area contributed by atoms with E-state index in [1.54, 1.807) is 0 Å². The molecule has 0 radical (unpaired) electrons. The predicted octanol–water partition coefficient (Wildman–Crippen LogP) is 2.97. The Balaban J connectivity index is 2.36. The van der Waals surface area contributed by atoms with Crippen molar-refractivity contribution >= 4 is 15.9 Å². The molecule has 0 aliphatic carbocycles. The van der Waals surface area contributed by atoms with Gasteiger partial charge in [-0.3, -0.25) is 0 Å². The zero-order valence-corrected chi connectivity index (χ0v) is 10.5. The van der Waals surface area contributed by atoms with Crippen LogP contribution < -0.4 is 5.73 Å². The molecule has 1 saturated heterocycles. The molecule has 3 heteroatoms. The maximum Gasteiger partial charge on any atom is 0.0535 e. The Hall–Kier alpha value is -0.380. The largest absolute Gasteiger partial charge is 0.381 e. The van der Waals surface area contributed by atoms with Crippen molar-refractivity contribution in [3.8, 4) is 0 Å². The summed E-state index contributed by atoms with van der Waals surface area (Å²) >= 11 is 3.49. The summed E-state index contributed by atoms with van der Waals surface area (Å²) in [5.41, 5.74) is 8.58. The van der Waals surface area contributed by atoms with E-state index in [4.69, 9.17) is 10.5 Å². The molecule has 1 heterocycles. The van der Waals surface area contributed by atoms with E-state index in [0.29, 0.717) is 5.92 Å². The van der Waals surface area contributed by atoms with Gasteiger partial charge in [-0.15, -0.1) is 0 Å². The zero-order chi connectivity index (χ0) is 10.8. The molecule has 0 amide bonds. The molecule has 82 valence electrons.